The third-order valence-electron chi connectivity index (χ3n) is 1.65. The van der Waals surface area contributed by atoms with Gasteiger partial charge in [0.2, 0.25) is 6.29 Å². The Kier molecular flexibility index (Phi) is 2.95. The number of hydrogen-bond donors (Lipinski definition) is 0. The highest BCUT2D eigenvalue weighted by Gasteiger charge is 2.40. The van der Waals surface area contributed by atoms with E-state index in [0.29, 0.717) is 6.29 Å². The Morgan fingerprint density at radius 3 is 2.00 bits per heavy atom. The number of cyclic esters (lactones) is 2. The summed E-state index contributed by atoms with van der Waals surface area (Å²) in [6, 6.07) is 0. The van der Waals surface area contributed by atoms with Gasteiger partial charge in [-0.05, 0) is 0 Å². The zero-order chi connectivity index (χ0) is 10.6. The summed E-state index contributed by atoms with van der Waals surface area (Å²) >= 11 is 0. The first-order valence-corrected chi connectivity index (χ1v) is 3.95. The fourth-order valence-corrected chi connectivity index (χ4v) is 1.01. The Morgan fingerprint density at radius 2 is 1.64 bits per heavy atom. The Bertz CT molecular complexity index is 264. The van der Waals surface area contributed by atoms with Crippen LogP contribution in [0.25, 0.3) is 0 Å². The SMILES string of the molecule is O=CCC1(C=O)OC(=O)CCC(=O)O1. The zero-order valence-corrected chi connectivity index (χ0v) is 7.23. The van der Waals surface area contributed by atoms with Crippen molar-refractivity contribution in [3.8, 4) is 0 Å². The predicted molar refractivity (Wildman–Crippen MR) is 40.9 cm³/mol. The van der Waals surface area contributed by atoms with E-state index in [9.17, 15) is 19.2 Å². The van der Waals surface area contributed by atoms with Gasteiger partial charge in [-0.25, -0.2) is 0 Å². The average Bonchev–Trinajstić information content (AvgIpc) is 2.27. The zero-order valence-electron chi connectivity index (χ0n) is 7.23. The summed E-state index contributed by atoms with van der Waals surface area (Å²) in [4.78, 5) is 42.7. The number of aldehydes is 2. The van der Waals surface area contributed by atoms with E-state index in [2.05, 4.69) is 9.47 Å². The maximum absolute atomic E-state index is 10.9. The van der Waals surface area contributed by atoms with Crippen molar-refractivity contribution in [1.29, 1.82) is 0 Å². The highest BCUT2D eigenvalue weighted by molar-refractivity contribution is 5.84. The van der Waals surface area contributed by atoms with Crippen LogP contribution < -0.4 is 0 Å². The predicted octanol–water partition coefficient (Wildman–Crippen LogP) is -0.649. The molecule has 0 aliphatic carbocycles. The van der Waals surface area contributed by atoms with E-state index in [4.69, 9.17) is 0 Å². The average molecular weight is 200 g/mol. The fourth-order valence-electron chi connectivity index (χ4n) is 1.01. The standard InChI is InChI=1S/C8H8O6/c9-4-3-8(5-10)13-6(11)1-2-7(12)14-8/h4-5H,1-3H2. The highest BCUT2D eigenvalue weighted by Crippen LogP contribution is 2.20. The van der Waals surface area contributed by atoms with Crippen LogP contribution in [0, 0.1) is 0 Å². The van der Waals surface area contributed by atoms with E-state index in [1.54, 1.807) is 0 Å². The second-order valence-electron chi connectivity index (χ2n) is 2.75. The van der Waals surface area contributed by atoms with E-state index in [-0.39, 0.29) is 19.1 Å². The molecule has 0 aromatic carbocycles. The Balaban J connectivity index is 2.90. The molecule has 14 heavy (non-hydrogen) atoms. The molecule has 0 aromatic heterocycles. The number of hydrogen-bond acceptors (Lipinski definition) is 6. The van der Waals surface area contributed by atoms with Crippen molar-refractivity contribution in [3.63, 3.8) is 0 Å². The molecule has 0 radical (unpaired) electrons. The van der Waals surface area contributed by atoms with Crippen LogP contribution in [0.1, 0.15) is 19.3 Å². The molecule has 76 valence electrons. The molecule has 0 unspecified atom stereocenters. The molecule has 1 fully saturated rings. The summed E-state index contributed by atoms with van der Waals surface area (Å²) < 4.78 is 9.16. The molecule has 1 aliphatic rings. The van der Waals surface area contributed by atoms with Crippen molar-refractivity contribution in [2.24, 2.45) is 0 Å². The van der Waals surface area contributed by atoms with Crippen molar-refractivity contribution in [3.05, 3.63) is 0 Å². The normalized spacial score (nSPS) is 20.3. The lowest BCUT2D eigenvalue weighted by Gasteiger charge is -2.22. The van der Waals surface area contributed by atoms with Crippen molar-refractivity contribution >= 4 is 24.5 Å². The van der Waals surface area contributed by atoms with Crippen LogP contribution in [0.2, 0.25) is 0 Å². The number of rotatable bonds is 3. The van der Waals surface area contributed by atoms with E-state index >= 15 is 0 Å². The summed E-state index contributed by atoms with van der Waals surface area (Å²) in [6.07, 6.45) is -0.280. The van der Waals surface area contributed by atoms with Crippen molar-refractivity contribution in [1.82, 2.24) is 0 Å². The minimum Gasteiger partial charge on any atom is -0.415 e. The Morgan fingerprint density at radius 1 is 1.14 bits per heavy atom. The van der Waals surface area contributed by atoms with E-state index in [1.165, 1.54) is 0 Å². The van der Waals surface area contributed by atoms with E-state index in [1.807, 2.05) is 0 Å². The molecule has 1 saturated heterocycles. The van der Waals surface area contributed by atoms with Crippen molar-refractivity contribution < 1.29 is 28.7 Å². The molecule has 6 heteroatoms. The molecule has 0 spiro atoms. The van der Waals surface area contributed by atoms with Gasteiger partial charge in [0, 0.05) is 0 Å². The van der Waals surface area contributed by atoms with Gasteiger partial charge in [-0.1, -0.05) is 0 Å². The molecule has 0 bridgehead atoms. The number of ether oxygens (including phenoxy) is 2. The van der Waals surface area contributed by atoms with E-state index < -0.39 is 24.1 Å². The molecule has 1 rings (SSSR count). The topological polar surface area (TPSA) is 86.7 Å². The Hall–Kier alpha value is -1.72. The van der Waals surface area contributed by atoms with Gasteiger partial charge in [0.15, 0.2) is 0 Å². The summed E-state index contributed by atoms with van der Waals surface area (Å²) in [5.41, 5.74) is 0. The maximum atomic E-state index is 10.9. The van der Waals surface area contributed by atoms with Crippen LogP contribution in [0.5, 0.6) is 0 Å². The molecule has 1 heterocycles. The fraction of sp³-hybridized carbons (Fsp3) is 0.500. The molecule has 0 aromatic rings. The minimum absolute atomic E-state index is 0.141. The molecule has 1 aliphatic heterocycles. The Labute approximate surface area is 79.2 Å². The first-order valence-electron chi connectivity index (χ1n) is 3.95. The summed E-state index contributed by atoms with van der Waals surface area (Å²) in [5.74, 6) is -3.51. The van der Waals surface area contributed by atoms with Crippen LogP contribution in [0.4, 0.5) is 0 Å². The van der Waals surface area contributed by atoms with Crippen LogP contribution in [-0.2, 0) is 28.7 Å². The summed E-state index contributed by atoms with van der Waals surface area (Å²) in [7, 11) is 0. The smallest absolute Gasteiger partial charge is 0.319 e. The minimum atomic E-state index is -2.05. The lowest BCUT2D eigenvalue weighted by Crippen LogP contribution is -2.40. The van der Waals surface area contributed by atoms with Crippen LogP contribution in [0.3, 0.4) is 0 Å². The summed E-state index contributed by atoms with van der Waals surface area (Å²) in [6.45, 7) is 0. The van der Waals surface area contributed by atoms with E-state index in [0.717, 1.165) is 0 Å². The largest absolute Gasteiger partial charge is 0.415 e. The van der Waals surface area contributed by atoms with Crippen molar-refractivity contribution in [2.45, 2.75) is 25.0 Å². The van der Waals surface area contributed by atoms with Gasteiger partial charge in [0.25, 0.3) is 0 Å². The molecule has 0 atom stereocenters. The second kappa shape index (κ2) is 3.99. The molecular formula is C8H8O6. The number of carbonyl (C=O) groups excluding carboxylic acids is 4. The third kappa shape index (κ3) is 2.15. The third-order valence-corrected chi connectivity index (χ3v) is 1.65. The molecular weight excluding hydrogens is 192 g/mol. The van der Waals surface area contributed by atoms with Gasteiger partial charge in [-0.2, -0.15) is 0 Å². The first-order chi connectivity index (χ1) is 6.62. The van der Waals surface area contributed by atoms with Crippen LogP contribution in [-0.4, -0.2) is 30.3 Å². The van der Waals surface area contributed by atoms with Crippen molar-refractivity contribution in [2.75, 3.05) is 0 Å². The van der Waals surface area contributed by atoms with Crippen LogP contribution >= 0.6 is 0 Å². The lowest BCUT2D eigenvalue weighted by atomic mass is 10.2. The van der Waals surface area contributed by atoms with Gasteiger partial charge >= 0.3 is 17.7 Å². The van der Waals surface area contributed by atoms with Gasteiger partial charge in [-0.15, -0.1) is 0 Å². The monoisotopic (exact) mass is 200 g/mol. The lowest BCUT2D eigenvalue weighted by molar-refractivity contribution is -0.213. The van der Waals surface area contributed by atoms with Gasteiger partial charge in [0.05, 0.1) is 19.3 Å². The van der Waals surface area contributed by atoms with Gasteiger partial charge in [0.1, 0.15) is 6.29 Å². The molecule has 6 nitrogen and oxygen atoms in total. The number of carbonyl (C=O) groups is 4. The molecule has 0 N–H and O–H groups in total. The second-order valence-corrected chi connectivity index (χ2v) is 2.75. The highest BCUT2D eigenvalue weighted by atomic mass is 16.7. The molecule has 0 amide bonds. The molecule has 0 saturated carbocycles. The van der Waals surface area contributed by atoms with Gasteiger partial charge < -0.3 is 14.3 Å². The number of esters is 2. The van der Waals surface area contributed by atoms with Crippen LogP contribution in [0.15, 0.2) is 0 Å². The maximum Gasteiger partial charge on any atom is 0.319 e. The first kappa shape index (κ1) is 10.4. The van der Waals surface area contributed by atoms with Gasteiger partial charge in [-0.3, -0.25) is 14.4 Å². The quantitative estimate of drug-likeness (QED) is 0.444. The summed E-state index contributed by atoms with van der Waals surface area (Å²) in [5, 5.41) is 0.